The molecule has 8 nitrogen and oxygen atoms in total. The van der Waals surface area contributed by atoms with Crippen molar-refractivity contribution in [2.24, 2.45) is 0 Å². The summed E-state index contributed by atoms with van der Waals surface area (Å²) in [6.45, 7) is 11.6. The second-order valence-electron chi connectivity index (χ2n) is 11.4. The van der Waals surface area contributed by atoms with Crippen molar-refractivity contribution in [1.82, 2.24) is 4.98 Å². The standard InChI is InChI=1S/C33H35N5O3/c1-21-24(11-14-31(34-21)37-15-17-41-18-16-37)26-10-12-29(27-8-6-5-7-25(26)27)36-32(40)35-23-9-13-30-28(19-23)33(3,4)20-38(30)22(2)39/h5-14,19H,15-18,20H2,1-4H3,(H2,35,36,40). The lowest BCUT2D eigenvalue weighted by atomic mass is 9.87. The Kier molecular flexibility index (Phi) is 6.87. The third-order valence-corrected chi connectivity index (χ3v) is 8.08. The van der Waals surface area contributed by atoms with Gasteiger partial charge in [-0.15, -0.1) is 0 Å². The zero-order chi connectivity index (χ0) is 28.7. The van der Waals surface area contributed by atoms with Crippen LogP contribution in [0.5, 0.6) is 0 Å². The van der Waals surface area contributed by atoms with Crippen molar-refractivity contribution >= 4 is 45.6 Å². The number of urea groups is 1. The minimum absolute atomic E-state index is 0.0182. The molecule has 0 aliphatic carbocycles. The summed E-state index contributed by atoms with van der Waals surface area (Å²) in [4.78, 5) is 34.2. The number of carbonyl (C=O) groups is 2. The van der Waals surface area contributed by atoms with Crippen molar-refractivity contribution in [1.29, 1.82) is 0 Å². The Bertz CT molecular complexity index is 1660. The van der Waals surface area contributed by atoms with Gasteiger partial charge in [0, 0.05) is 60.0 Å². The molecule has 2 aliphatic rings. The van der Waals surface area contributed by atoms with Crippen molar-refractivity contribution in [2.45, 2.75) is 33.1 Å². The molecule has 0 saturated carbocycles. The predicted molar refractivity (Wildman–Crippen MR) is 165 cm³/mol. The first kappa shape index (κ1) is 26.8. The van der Waals surface area contributed by atoms with Crippen molar-refractivity contribution in [2.75, 3.05) is 53.3 Å². The fourth-order valence-electron chi connectivity index (χ4n) is 5.97. The number of hydrogen-bond acceptors (Lipinski definition) is 5. The second kappa shape index (κ2) is 10.5. The molecular formula is C33H35N5O3. The van der Waals surface area contributed by atoms with Gasteiger partial charge in [0.15, 0.2) is 0 Å². The third kappa shape index (κ3) is 5.11. The summed E-state index contributed by atoms with van der Waals surface area (Å²) in [6, 6.07) is 21.7. The molecule has 0 unspecified atom stereocenters. The van der Waals surface area contributed by atoms with E-state index < -0.39 is 0 Å². The molecule has 1 fully saturated rings. The lowest BCUT2D eigenvalue weighted by Crippen LogP contribution is -2.36. The van der Waals surface area contributed by atoms with Crippen LogP contribution in [0.15, 0.2) is 66.7 Å². The Balaban J connectivity index is 1.25. The van der Waals surface area contributed by atoms with Crippen LogP contribution in [-0.4, -0.2) is 49.8 Å². The highest BCUT2D eigenvalue weighted by molar-refractivity contribution is 6.10. The van der Waals surface area contributed by atoms with E-state index in [0.717, 1.165) is 76.7 Å². The number of aryl methyl sites for hydroxylation is 1. The predicted octanol–water partition coefficient (Wildman–Crippen LogP) is 6.33. The number of nitrogens with one attached hydrogen (secondary N) is 2. The SMILES string of the molecule is CC(=O)N1CC(C)(C)c2cc(NC(=O)Nc3ccc(-c4ccc(N5CCOCC5)nc4C)c4ccccc34)ccc21. The summed E-state index contributed by atoms with van der Waals surface area (Å²) in [6.07, 6.45) is 0. The molecule has 0 atom stereocenters. The first-order chi connectivity index (χ1) is 19.7. The highest BCUT2D eigenvalue weighted by atomic mass is 16.5. The molecule has 0 bridgehead atoms. The summed E-state index contributed by atoms with van der Waals surface area (Å²) in [5.41, 5.74) is 6.25. The summed E-state index contributed by atoms with van der Waals surface area (Å²) in [7, 11) is 0. The molecule has 3 heterocycles. The number of pyridine rings is 1. The minimum Gasteiger partial charge on any atom is -0.378 e. The van der Waals surface area contributed by atoms with Gasteiger partial charge in [-0.3, -0.25) is 4.79 Å². The van der Waals surface area contributed by atoms with Gasteiger partial charge in [0.1, 0.15) is 5.82 Å². The Morgan fingerprint density at radius 1 is 0.902 bits per heavy atom. The topological polar surface area (TPSA) is 86.8 Å². The zero-order valence-corrected chi connectivity index (χ0v) is 24.0. The van der Waals surface area contributed by atoms with E-state index >= 15 is 0 Å². The van der Waals surface area contributed by atoms with Crippen LogP contribution in [0.2, 0.25) is 0 Å². The number of rotatable bonds is 4. The van der Waals surface area contributed by atoms with Gasteiger partial charge in [0.25, 0.3) is 0 Å². The number of hydrogen-bond donors (Lipinski definition) is 2. The molecule has 2 N–H and O–H groups in total. The van der Waals surface area contributed by atoms with E-state index in [1.165, 1.54) is 0 Å². The Morgan fingerprint density at radius 3 is 2.37 bits per heavy atom. The molecule has 41 heavy (non-hydrogen) atoms. The molecule has 3 aromatic carbocycles. The highest BCUT2D eigenvalue weighted by Crippen LogP contribution is 2.42. The first-order valence-corrected chi connectivity index (χ1v) is 14.0. The van der Waals surface area contributed by atoms with Gasteiger partial charge in [-0.2, -0.15) is 0 Å². The van der Waals surface area contributed by atoms with E-state index in [-0.39, 0.29) is 17.4 Å². The van der Waals surface area contributed by atoms with E-state index in [0.29, 0.717) is 12.2 Å². The highest BCUT2D eigenvalue weighted by Gasteiger charge is 2.37. The van der Waals surface area contributed by atoms with Crippen LogP contribution in [0.1, 0.15) is 32.0 Å². The van der Waals surface area contributed by atoms with Gasteiger partial charge in [-0.05, 0) is 59.8 Å². The summed E-state index contributed by atoms with van der Waals surface area (Å²) >= 11 is 0. The van der Waals surface area contributed by atoms with Crippen molar-refractivity contribution < 1.29 is 14.3 Å². The van der Waals surface area contributed by atoms with Crippen molar-refractivity contribution in [3.05, 3.63) is 78.0 Å². The average molecular weight is 550 g/mol. The first-order valence-electron chi connectivity index (χ1n) is 14.0. The maximum atomic E-state index is 13.1. The van der Waals surface area contributed by atoms with Crippen molar-refractivity contribution in [3.8, 4) is 11.1 Å². The molecule has 6 rings (SSSR count). The lowest BCUT2D eigenvalue weighted by Gasteiger charge is -2.28. The molecular weight excluding hydrogens is 514 g/mol. The van der Waals surface area contributed by atoms with Crippen LogP contribution >= 0.6 is 0 Å². The Labute approximate surface area is 240 Å². The summed E-state index contributed by atoms with van der Waals surface area (Å²) < 4.78 is 5.49. The van der Waals surface area contributed by atoms with E-state index in [9.17, 15) is 9.59 Å². The summed E-state index contributed by atoms with van der Waals surface area (Å²) in [5.74, 6) is 0.988. The minimum atomic E-state index is -0.324. The van der Waals surface area contributed by atoms with Gasteiger partial charge < -0.3 is 25.2 Å². The zero-order valence-electron chi connectivity index (χ0n) is 24.0. The van der Waals surface area contributed by atoms with Crippen molar-refractivity contribution in [3.63, 3.8) is 0 Å². The summed E-state index contributed by atoms with van der Waals surface area (Å²) in [5, 5.41) is 8.02. The smallest absolute Gasteiger partial charge is 0.323 e. The van der Waals surface area contributed by atoms with E-state index in [1.807, 2.05) is 55.5 Å². The molecule has 0 spiro atoms. The maximum absolute atomic E-state index is 13.1. The number of fused-ring (bicyclic) bond motifs is 2. The number of anilines is 4. The van der Waals surface area contributed by atoms with Gasteiger partial charge in [-0.25, -0.2) is 9.78 Å². The third-order valence-electron chi connectivity index (χ3n) is 8.08. The molecule has 1 saturated heterocycles. The van der Waals surface area contributed by atoms with Crippen LogP contribution in [0.25, 0.3) is 21.9 Å². The van der Waals surface area contributed by atoms with E-state index in [1.54, 1.807) is 11.8 Å². The van der Waals surface area contributed by atoms with Gasteiger partial charge in [-0.1, -0.05) is 44.2 Å². The molecule has 4 aromatic rings. The number of amides is 3. The van der Waals surface area contributed by atoms with Crippen LogP contribution < -0.4 is 20.4 Å². The number of benzene rings is 3. The second-order valence-corrected chi connectivity index (χ2v) is 11.4. The van der Waals surface area contributed by atoms with Crippen LogP contribution in [0, 0.1) is 6.92 Å². The maximum Gasteiger partial charge on any atom is 0.323 e. The fraction of sp³-hybridized carbons (Fsp3) is 0.303. The lowest BCUT2D eigenvalue weighted by molar-refractivity contribution is -0.116. The molecule has 2 aliphatic heterocycles. The number of nitrogens with zero attached hydrogens (tertiary/aromatic N) is 3. The molecule has 8 heteroatoms. The number of aromatic nitrogens is 1. The normalized spacial score (nSPS) is 16.0. The number of ether oxygens (including phenoxy) is 1. The largest absolute Gasteiger partial charge is 0.378 e. The Hall–Kier alpha value is -4.43. The molecule has 0 radical (unpaired) electrons. The van der Waals surface area contributed by atoms with Crippen LogP contribution in [-0.2, 0) is 14.9 Å². The Morgan fingerprint density at radius 2 is 1.63 bits per heavy atom. The number of carbonyl (C=O) groups excluding carboxylic acids is 2. The molecule has 3 amide bonds. The van der Waals surface area contributed by atoms with E-state index in [2.05, 4.69) is 47.6 Å². The average Bonchev–Trinajstić information content (AvgIpc) is 3.24. The monoisotopic (exact) mass is 549 g/mol. The van der Waals surface area contributed by atoms with Crippen LogP contribution in [0.4, 0.5) is 27.7 Å². The molecule has 1 aromatic heterocycles. The van der Waals surface area contributed by atoms with Gasteiger partial charge >= 0.3 is 6.03 Å². The van der Waals surface area contributed by atoms with Gasteiger partial charge in [0.2, 0.25) is 5.91 Å². The molecule has 210 valence electrons. The van der Waals surface area contributed by atoms with E-state index in [4.69, 9.17) is 9.72 Å². The van der Waals surface area contributed by atoms with Crippen LogP contribution in [0.3, 0.4) is 0 Å². The fourth-order valence-corrected chi connectivity index (χ4v) is 5.97. The van der Waals surface area contributed by atoms with Gasteiger partial charge in [0.05, 0.1) is 18.9 Å². The quantitative estimate of drug-likeness (QED) is 0.310. The number of morpholine rings is 1.